The van der Waals surface area contributed by atoms with Crippen LogP contribution < -0.4 is 14.8 Å². The minimum Gasteiger partial charge on any atom is -0.454 e. The molecule has 0 unspecified atom stereocenters. The fraction of sp³-hybridized carbons (Fsp3) is 0.286. The molecule has 7 nitrogen and oxygen atoms in total. The van der Waals surface area contributed by atoms with Crippen LogP contribution in [0, 0.1) is 5.82 Å². The summed E-state index contributed by atoms with van der Waals surface area (Å²) in [5, 5.41) is 10.9. The summed E-state index contributed by atoms with van der Waals surface area (Å²) in [6.07, 6.45) is 1.65. The van der Waals surface area contributed by atoms with Gasteiger partial charge < -0.3 is 19.2 Å². The Morgan fingerprint density at radius 3 is 2.76 bits per heavy atom. The van der Waals surface area contributed by atoms with E-state index in [1.54, 1.807) is 6.07 Å². The van der Waals surface area contributed by atoms with Gasteiger partial charge in [-0.25, -0.2) is 4.39 Å². The van der Waals surface area contributed by atoms with Crippen LogP contribution in [0.4, 0.5) is 4.39 Å². The van der Waals surface area contributed by atoms with Crippen LogP contribution in [0.25, 0.3) is 0 Å². The third-order valence-corrected chi connectivity index (χ3v) is 4.49. The highest BCUT2D eigenvalue weighted by molar-refractivity contribution is 5.76. The van der Waals surface area contributed by atoms with Gasteiger partial charge in [0.1, 0.15) is 5.82 Å². The van der Waals surface area contributed by atoms with Gasteiger partial charge in [-0.1, -0.05) is 18.2 Å². The van der Waals surface area contributed by atoms with Crippen molar-refractivity contribution < 1.29 is 23.1 Å². The number of carbonyl (C=O) groups excluding carboxylic acids is 1. The summed E-state index contributed by atoms with van der Waals surface area (Å²) in [5.74, 6) is 1.94. The number of nitrogens with one attached hydrogen (secondary N) is 1. The fourth-order valence-electron chi connectivity index (χ4n) is 3.03. The lowest BCUT2D eigenvalue weighted by Gasteiger charge is -2.04. The van der Waals surface area contributed by atoms with Gasteiger partial charge >= 0.3 is 0 Å². The molecular weight excluding hydrogens is 377 g/mol. The van der Waals surface area contributed by atoms with Gasteiger partial charge in [0.05, 0.1) is 6.42 Å². The lowest BCUT2D eigenvalue weighted by atomic mass is 10.1. The number of hydrogen-bond acceptors (Lipinski definition) is 6. The smallest absolute Gasteiger partial charge is 0.231 e. The number of fused-ring (bicyclic) bond motifs is 1. The van der Waals surface area contributed by atoms with Gasteiger partial charge in [0.15, 0.2) is 11.5 Å². The highest BCUT2D eigenvalue weighted by Crippen LogP contribution is 2.33. The summed E-state index contributed by atoms with van der Waals surface area (Å²) in [6.45, 7) is 0.676. The van der Waals surface area contributed by atoms with Gasteiger partial charge in [-0.2, -0.15) is 0 Å². The predicted octanol–water partition coefficient (Wildman–Crippen LogP) is 2.82. The maximum atomic E-state index is 13.1. The molecule has 1 amide bonds. The second kappa shape index (κ2) is 8.72. The van der Waals surface area contributed by atoms with Crippen LogP contribution in [0.15, 0.2) is 46.9 Å². The van der Waals surface area contributed by atoms with Crippen LogP contribution in [0.2, 0.25) is 0 Å². The van der Waals surface area contributed by atoms with Crippen molar-refractivity contribution in [2.45, 2.75) is 25.7 Å². The van der Waals surface area contributed by atoms with E-state index >= 15 is 0 Å². The maximum Gasteiger partial charge on any atom is 0.231 e. The van der Waals surface area contributed by atoms with Crippen molar-refractivity contribution in [2.24, 2.45) is 0 Å². The number of rotatable bonds is 8. The zero-order valence-electron chi connectivity index (χ0n) is 15.7. The summed E-state index contributed by atoms with van der Waals surface area (Å²) in [6, 6.07) is 12.0. The van der Waals surface area contributed by atoms with Gasteiger partial charge in [0.2, 0.25) is 24.5 Å². The molecule has 8 heteroatoms. The van der Waals surface area contributed by atoms with E-state index in [2.05, 4.69) is 15.5 Å². The van der Waals surface area contributed by atoms with Crippen LogP contribution in [0.5, 0.6) is 11.5 Å². The second-order valence-corrected chi connectivity index (χ2v) is 6.68. The molecule has 0 bridgehead atoms. The van der Waals surface area contributed by atoms with Gasteiger partial charge in [-0.15, -0.1) is 10.2 Å². The molecule has 0 radical (unpaired) electrons. The molecule has 0 aliphatic carbocycles. The number of halogens is 1. The average molecular weight is 397 g/mol. The third-order valence-electron chi connectivity index (χ3n) is 4.49. The number of carbonyl (C=O) groups is 1. The molecule has 2 heterocycles. The monoisotopic (exact) mass is 397 g/mol. The number of benzene rings is 2. The zero-order chi connectivity index (χ0) is 20.1. The molecule has 4 rings (SSSR count). The van der Waals surface area contributed by atoms with Crippen molar-refractivity contribution in [3.8, 4) is 11.5 Å². The molecule has 3 aromatic rings. The van der Waals surface area contributed by atoms with Gasteiger partial charge in [-0.05, 0) is 41.8 Å². The first-order chi connectivity index (χ1) is 14.2. The molecule has 29 heavy (non-hydrogen) atoms. The Morgan fingerprint density at radius 2 is 1.86 bits per heavy atom. The maximum absolute atomic E-state index is 13.1. The van der Waals surface area contributed by atoms with Crippen molar-refractivity contribution in [2.75, 3.05) is 13.3 Å². The number of aryl methyl sites for hydroxylation is 1. The number of hydrogen-bond donors (Lipinski definition) is 1. The van der Waals surface area contributed by atoms with Crippen molar-refractivity contribution in [3.63, 3.8) is 0 Å². The Bertz CT molecular complexity index is 1010. The fourth-order valence-corrected chi connectivity index (χ4v) is 3.03. The molecule has 0 saturated heterocycles. The zero-order valence-corrected chi connectivity index (χ0v) is 15.7. The van der Waals surface area contributed by atoms with Crippen LogP contribution >= 0.6 is 0 Å². The van der Waals surface area contributed by atoms with E-state index in [0.29, 0.717) is 43.3 Å². The summed E-state index contributed by atoms with van der Waals surface area (Å²) in [7, 11) is 0. The highest BCUT2D eigenvalue weighted by atomic mass is 19.1. The van der Waals surface area contributed by atoms with Crippen LogP contribution in [0.1, 0.15) is 29.3 Å². The first-order valence-electron chi connectivity index (χ1n) is 9.36. The predicted molar refractivity (Wildman–Crippen MR) is 101 cm³/mol. The van der Waals surface area contributed by atoms with E-state index < -0.39 is 0 Å². The summed E-state index contributed by atoms with van der Waals surface area (Å²) in [4.78, 5) is 12.0. The molecule has 0 spiro atoms. The van der Waals surface area contributed by atoms with Crippen LogP contribution in [-0.4, -0.2) is 29.4 Å². The molecule has 1 aromatic heterocycles. The van der Waals surface area contributed by atoms with E-state index in [1.165, 1.54) is 12.1 Å². The molecule has 0 saturated carbocycles. The lowest BCUT2D eigenvalue weighted by Crippen LogP contribution is -2.25. The molecule has 1 aliphatic heterocycles. The van der Waals surface area contributed by atoms with Crippen LogP contribution in [0.3, 0.4) is 0 Å². The summed E-state index contributed by atoms with van der Waals surface area (Å²) < 4.78 is 29.4. The van der Waals surface area contributed by atoms with Crippen molar-refractivity contribution in [3.05, 3.63) is 71.2 Å². The Kier molecular flexibility index (Phi) is 5.69. The van der Waals surface area contributed by atoms with Crippen LogP contribution in [-0.2, 0) is 24.1 Å². The first kappa shape index (κ1) is 18.9. The number of ether oxygens (including phenoxy) is 2. The van der Waals surface area contributed by atoms with E-state index in [4.69, 9.17) is 13.9 Å². The largest absolute Gasteiger partial charge is 0.454 e. The number of amides is 1. The molecule has 2 aromatic carbocycles. The number of nitrogens with zero attached hydrogens (tertiary/aromatic N) is 2. The standard InChI is InChI=1S/C21H20FN3O4/c22-16-3-1-2-14(10-16)8-9-23-19(26)6-7-20-24-25-21(29-20)12-15-4-5-17-18(11-15)28-13-27-17/h1-5,10-11H,6-9,12-13H2,(H,23,26). The normalized spacial score (nSPS) is 12.2. The van der Waals surface area contributed by atoms with Crippen molar-refractivity contribution in [1.29, 1.82) is 0 Å². The quantitative estimate of drug-likeness (QED) is 0.629. The Balaban J connectivity index is 1.21. The lowest BCUT2D eigenvalue weighted by molar-refractivity contribution is -0.121. The first-order valence-corrected chi connectivity index (χ1v) is 9.36. The summed E-state index contributed by atoms with van der Waals surface area (Å²) in [5.41, 5.74) is 1.81. The topological polar surface area (TPSA) is 86.5 Å². The third kappa shape index (κ3) is 5.10. The summed E-state index contributed by atoms with van der Waals surface area (Å²) >= 11 is 0. The molecule has 1 N–H and O–H groups in total. The Morgan fingerprint density at radius 1 is 1.00 bits per heavy atom. The van der Waals surface area contributed by atoms with E-state index in [9.17, 15) is 9.18 Å². The van der Waals surface area contributed by atoms with Gasteiger partial charge in [-0.3, -0.25) is 4.79 Å². The van der Waals surface area contributed by atoms with E-state index in [-0.39, 0.29) is 24.9 Å². The van der Waals surface area contributed by atoms with Crippen molar-refractivity contribution >= 4 is 5.91 Å². The molecule has 0 atom stereocenters. The minimum atomic E-state index is -0.276. The van der Waals surface area contributed by atoms with E-state index in [1.807, 2.05) is 24.3 Å². The highest BCUT2D eigenvalue weighted by Gasteiger charge is 2.15. The molecule has 1 aliphatic rings. The SMILES string of the molecule is O=C(CCc1nnc(Cc2ccc3c(c2)OCO3)o1)NCCc1cccc(F)c1. The Hall–Kier alpha value is -3.42. The van der Waals surface area contributed by atoms with Gasteiger partial charge in [0, 0.05) is 19.4 Å². The second-order valence-electron chi connectivity index (χ2n) is 6.68. The Labute approximate surface area is 166 Å². The minimum absolute atomic E-state index is 0.114. The average Bonchev–Trinajstić information content (AvgIpc) is 3.35. The van der Waals surface area contributed by atoms with Gasteiger partial charge in [0.25, 0.3) is 0 Å². The van der Waals surface area contributed by atoms with E-state index in [0.717, 1.165) is 16.9 Å². The molecule has 0 fully saturated rings. The van der Waals surface area contributed by atoms with Crippen molar-refractivity contribution in [1.82, 2.24) is 15.5 Å². The molecular formula is C21H20FN3O4. The number of aromatic nitrogens is 2. The molecule has 150 valence electrons.